The van der Waals surface area contributed by atoms with Gasteiger partial charge in [0.15, 0.2) is 6.61 Å². The summed E-state index contributed by atoms with van der Waals surface area (Å²) in [6.07, 6.45) is 0.716. The maximum absolute atomic E-state index is 12.4. The van der Waals surface area contributed by atoms with Gasteiger partial charge < -0.3 is 19.1 Å². The first kappa shape index (κ1) is 17.2. The first-order valence-electron chi connectivity index (χ1n) is 8.32. The fourth-order valence-electron chi connectivity index (χ4n) is 2.67. The van der Waals surface area contributed by atoms with Gasteiger partial charge in [-0.1, -0.05) is 24.3 Å². The van der Waals surface area contributed by atoms with Gasteiger partial charge in [-0.15, -0.1) is 0 Å². The third-order valence-electron chi connectivity index (χ3n) is 4.02. The zero-order chi connectivity index (χ0) is 17.5. The highest BCUT2D eigenvalue weighted by Gasteiger charge is 2.22. The van der Waals surface area contributed by atoms with E-state index in [0.717, 1.165) is 11.3 Å². The van der Waals surface area contributed by atoms with Crippen LogP contribution in [0.5, 0.6) is 11.6 Å². The lowest BCUT2D eigenvalue weighted by atomic mass is 10.1. The van der Waals surface area contributed by atoms with Crippen LogP contribution in [0.2, 0.25) is 0 Å². The highest BCUT2D eigenvalue weighted by atomic mass is 16.5. The molecule has 0 unspecified atom stereocenters. The van der Waals surface area contributed by atoms with Crippen molar-refractivity contribution in [2.24, 2.45) is 0 Å². The molecule has 1 aromatic carbocycles. The third kappa shape index (κ3) is 4.70. The number of ether oxygens (including phenoxy) is 3. The minimum atomic E-state index is -0.0186. The van der Waals surface area contributed by atoms with E-state index < -0.39 is 0 Å². The van der Waals surface area contributed by atoms with Gasteiger partial charge in [0.05, 0.1) is 12.3 Å². The van der Waals surface area contributed by atoms with Crippen molar-refractivity contribution in [2.45, 2.75) is 13.0 Å². The molecule has 1 aliphatic heterocycles. The number of rotatable bonds is 7. The maximum atomic E-state index is 12.4. The molecule has 2 aromatic rings. The van der Waals surface area contributed by atoms with Gasteiger partial charge in [0.25, 0.3) is 5.91 Å². The molecule has 1 amide bonds. The Hall–Kier alpha value is -2.60. The van der Waals surface area contributed by atoms with E-state index in [2.05, 4.69) is 4.98 Å². The van der Waals surface area contributed by atoms with Gasteiger partial charge in [0.1, 0.15) is 12.4 Å². The van der Waals surface area contributed by atoms with E-state index in [-0.39, 0.29) is 12.5 Å². The molecule has 3 rings (SSSR count). The molecule has 0 spiro atoms. The van der Waals surface area contributed by atoms with Gasteiger partial charge in [0.2, 0.25) is 5.88 Å². The van der Waals surface area contributed by atoms with Crippen molar-refractivity contribution in [3.05, 3.63) is 53.7 Å². The van der Waals surface area contributed by atoms with Crippen LogP contribution in [0.15, 0.2) is 42.5 Å². The second-order valence-electron chi connectivity index (χ2n) is 5.76. The Morgan fingerprint density at radius 2 is 1.96 bits per heavy atom. The predicted molar refractivity (Wildman–Crippen MR) is 92.7 cm³/mol. The number of aromatic nitrogens is 1. The zero-order valence-electron chi connectivity index (χ0n) is 14.3. The number of benzene rings is 1. The van der Waals surface area contributed by atoms with E-state index in [9.17, 15) is 4.79 Å². The number of hydrogen-bond acceptors (Lipinski definition) is 5. The minimum Gasteiger partial charge on any atom is -0.484 e. The van der Waals surface area contributed by atoms with Gasteiger partial charge in [-0.2, -0.15) is 0 Å². The van der Waals surface area contributed by atoms with E-state index in [1.807, 2.05) is 42.5 Å². The summed E-state index contributed by atoms with van der Waals surface area (Å²) >= 11 is 0. The van der Waals surface area contributed by atoms with Crippen LogP contribution in [-0.2, 0) is 22.5 Å². The van der Waals surface area contributed by atoms with Crippen LogP contribution in [-0.4, -0.2) is 49.3 Å². The summed E-state index contributed by atoms with van der Waals surface area (Å²) in [5.41, 5.74) is 2.04. The van der Waals surface area contributed by atoms with Gasteiger partial charge in [-0.25, -0.2) is 4.98 Å². The molecule has 25 heavy (non-hydrogen) atoms. The first-order chi connectivity index (χ1) is 12.3. The molecule has 0 radical (unpaired) electrons. The molecule has 0 saturated heterocycles. The third-order valence-corrected chi connectivity index (χ3v) is 4.02. The highest BCUT2D eigenvalue weighted by molar-refractivity contribution is 5.78. The van der Waals surface area contributed by atoms with Gasteiger partial charge in [-0.3, -0.25) is 4.79 Å². The van der Waals surface area contributed by atoms with Crippen molar-refractivity contribution in [1.29, 1.82) is 0 Å². The topological polar surface area (TPSA) is 60.9 Å². The maximum Gasteiger partial charge on any atom is 0.260 e. The van der Waals surface area contributed by atoms with E-state index in [0.29, 0.717) is 44.4 Å². The second kappa shape index (κ2) is 8.48. The fourth-order valence-corrected chi connectivity index (χ4v) is 2.67. The number of carbonyl (C=O) groups is 1. The number of amides is 1. The Labute approximate surface area is 147 Å². The zero-order valence-corrected chi connectivity index (χ0v) is 14.3. The van der Waals surface area contributed by atoms with Crippen molar-refractivity contribution in [3.8, 4) is 11.6 Å². The van der Waals surface area contributed by atoms with Crippen LogP contribution in [0.25, 0.3) is 0 Å². The summed E-state index contributed by atoms with van der Waals surface area (Å²) in [6.45, 7) is 2.24. The molecule has 0 N–H and O–H groups in total. The fraction of sp³-hybridized carbons (Fsp3) is 0.368. The number of nitrogens with zero attached hydrogens (tertiary/aromatic N) is 2. The Balaban J connectivity index is 1.54. The van der Waals surface area contributed by atoms with Crippen LogP contribution >= 0.6 is 0 Å². The smallest absolute Gasteiger partial charge is 0.260 e. The number of carbonyl (C=O) groups excluding carboxylic acids is 1. The molecule has 132 valence electrons. The Morgan fingerprint density at radius 3 is 2.76 bits per heavy atom. The first-order valence-corrected chi connectivity index (χ1v) is 8.32. The SMILES string of the molecule is COCCOc1ccc2c(n1)CCN(C(=O)COc1ccccc1)C2. The molecule has 1 aliphatic rings. The standard InChI is InChI=1S/C19H22N2O4/c1-23-11-12-24-18-8-7-15-13-21(10-9-17(15)20-18)19(22)14-25-16-5-3-2-4-6-16/h2-8H,9-14H2,1H3. The summed E-state index contributed by atoms with van der Waals surface area (Å²) in [7, 11) is 1.64. The molecule has 0 fully saturated rings. The number of fused-ring (bicyclic) bond motifs is 1. The van der Waals surface area contributed by atoms with E-state index >= 15 is 0 Å². The molecule has 0 aliphatic carbocycles. The lowest BCUT2D eigenvalue weighted by Crippen LogP contribution is -2.39. The lowest BCUT2D eigenvalue weighted by Gasteiger charge is -2.28. The van der Waals surface area contributed by atoms with Crippen molar-refractivity contribution in [3.63, 3.8) is 0 Å². The molecule has 0 saturated carbocycles. The average Bonchev–Trinajstić information content (AvgIpc) is 2.66. The van der Waals surface area contributed by atoms with Crippen LogP contribution in [0.4, 0.5) is 0 Å². The van der Waals surface area contributed by atoms with Crippen molar-refractivity contribution >= 4 is 5.91 Å². The van der Waals surface area contributed by atoms with Crippen molar-refractivity contribution in [1.82, 2.24) is 9.88 Å². The monoisotopic (exact) mass is 342 g/mol. The van der Waals surface area contributed by atoms with E-state index in [4.69, 9.17) is 14.2 Å². The van der Waals surface area contributed by atoms with Crippen molar-refractivity contribution < 1.29 is 19.0 Å². The number of hydrogen-bond donors (Lipinski definition) is 0. The summed E-state index contributed by atoms with van der Waals surface area (Å²) in [4.78, 5) is 18.7. The molecule has 0 bridgehead atoms. The lowest BCUT2D eigenvalue weighted by molar-refractivity contribution is -0.134. The Kier molecular flexibility index (Phi) is 5.85. The minimum absolute atomic E-state index is 0.0186. The molecule has 1 aromatic heterocycles. The van der Waals surface area contributed by atoms with Crippen LogP contribution in [0.3, 0.4) is 0 Å². The van der Waals surface area contributed by atoms with Gasteiger partial charge in [-0.05, 0) is 17.7 Å². The van der Waals surface area contributed by atoms with E-state index in [1.54, 1.807) is 12.0 Å². The number of methoxy groups -OCH3 is 1. The normalized spacial score (nSPS) is 13.2. The highest BCUT2D eigenvalue weighted by Crippen LogP contribution is 2.21. The summed E-state index contributed by atoms with van der Waals surface area (Å²) in [6, 6.07) is 13.2. The van der Waals surface area contributed by atoms with E-state index in [1.165, 1.54) is 0 Å². The quantitative estimate of drug-likeness (QED) is 0.721. The van der Waals surface area contributed by atoms with Crippen LogP contribution in [0.1, 0.15) is 11.3 Å². The molecular formula is C19H22N2O4. The van der Waals surface area contributed by atoms with Crippen molar-refractivity contribution in [2.75, 3.05) is 33.5 Å². The summed E-state index contributed by atoms with van der Waals surface area (Å²) in [5, 5.41) is 0. The number of para-hydroxylation sites is 1. The average molecular weight is 342 g/mol. The van der Waals surface area contributed by atoms with Gasteiger partial charge in [0, 0.05) is 32.7 Å². The Morgan fingerprint density at radius 1 is 1.12 bits per heavy atom. The molecule has 0 atom stereocenters. The summed E-state index contributed by atoms with van der Waals surface area (Å²) in [5.74, 6) is 1.28. The molecule has 6 heteroatoms. The molecule has 6 nitrogen and oxygen atoms in total. The molecular weight excluding hydrogens is 320 g/mol. The largest absolute Gasteiger partial charge is 0.484 e. The van der Waals surface area contributed by atoms with Crippen LogP contribution in [0, 0.1) is 0 Å². The number of pyridine rings is 1. The predicted octanol–water partition coefficient (Wildman–Crippen LogP) is 2.07. The van der Waals surface area contributed by atoms with Crippen LogP contribution < -0.4 is 9.47 Å². The summed E-state index contributed by atoms with van der Waals surface area (Å²) < 4.78 is 16.0. The molecule has 2 heterocycles. The Bertz CT molecular complexity index is 706. The second-order valence-corrected chi connectivity index (χ2v) is 5.76. The van der Waals surface area contributed by atoms with Gasteiger partial charge >= 0.3 is 0 Å².